The number of amides is 2. The van der Waals surface area contributed by atoms with Crippen LogP contribution < -0.4 is 10.6 Å². The molecule has 142 valence electrons. The Labute approximate surface area is 164 Å². The Morgan fingerprint density at radius 2 is 1.92 bits per heavy atom. The van der Waals surface area contributed by atoms with Crippen LogP contribution in [0.2, 0.25) is 10.0 Å². The average Bonchev–Trinajstić information content (AvgIpc) is 2.94. The van der Waals surface area contributed by atoms with E-state index in [1.165, 1.54) is 10.4 Å². The highest BCUT2D eigenvalue weighted by Gasteiger charge is 2.30. The van der Waals surface area contributed by atoms with Crippen LogP contribution in [0, 0.1) is 0 Å². The fourth-order valence-electron chi connectivity index (χ4n) is 2.06. The number of anilines is 2. The maximum atomic E-state index is 12.5. The first-order valence-electron chi connectivity index (χ1n) is 7.43. The van der Waals surface area contributed by atoms with Gasteiger partial charge in [0.1, 0.15) is 0 Å². The molecule has 3 N–H and O–H groups in total. The van der Waals surface area contributed by atoms with E-state index in [2.05, 4.69) is 15.0 Å². The van der Waals surface area contributed by atoms with Gasteiger partial charge in [-0.2, -0.15) is 8.68 Å². The third-order valence-corrected chi connectivity index (χ3v) is 7.51. The molecule has 1 aromatic carbocycles. The SMILES string of the molecule is CCN(CC)S(=O)(=O)c1snc(NC(=O)Nc2cccc(Cl)c2Cl)c1O. The Morgan fingerprint density at radius 1 is 1.27 bits per heavy atom. The van der Waals surface area contributed by atoms with E-state index < -0.39 is 21.8 Å². The molecule has 0 saturated carbocycles. The number of aromatic hydroxyl groups is 1. The van der Waals surface area contributed by atoms with Gasteiger partial charge in [-0.05, 0) is 23.7 Å². The van der Waals surface area contributed by atoms with Gasteiger partial charge in [0.15, 0.2) is 15.8 Å². The lowest BCUT2D eigenvalue weighted by Crippen LogP contribution is -2.30. The summed E-state index contributed by atoms with van der Waals surface area (Å²) in [7, 11) is -3.89. The number of benzene rings is 1. The number of nitrogens with one attached hydrogen (secondary N) is 2. The van der Waals surface area contributed by atoms with Gasteiger partial charge in [-0.25, -0.2) is 13.2 Å². The summed E-state index contributed by atoms with van der Waals surface area (Å²) in [4.78, 5) is 12.1. The molecule has 26 heavy (non-hydrogen) atoms. The van der Waals surface area contributed by atoms with Crippen molar-refractivity contribution in [2.45, 2.75) is 18.1 Å². The predicted molar refractivity (Wildman–Crippen MR) is 103 cm³/mol. The number of carbonyl (C=O) groups is 1. The van der Waals surface area contributed by atoms with Gasteiger partial charge in [0.25, 0.3) is 10.0 Å². The van der Waals surface area contributed by atoms with E-state index in [9.17, 15) is 18.3 Å². The zero-order valence-corrected chi connectivity index (χ0v) is 16.9. The van der Waals surface area contributed by atoms with Gasteiger partial charge in [0, 0.05) is 13.1 Å². The second-order valence-corrected chi connectivity index (χ2v) is 8.63. The quantitative estimate of drug-likeness (QED) is 0.634. The highest BCUT2D eigenvalue weighted by molar-refractivity contribution is 7.91. The summed E-state index contributed by atoms with van der Waals surface area (Å²) in [5.74, 6) is -0.884. The van der Waals surface area contributed by atoms with Crippen LogP contribution >= 0.6 is 34.7 Å². The molecule has 12 heteroatoms. The highest BCUT2D eigenvalue weighted by atomic mass is 35.5. The van der Waals surface area contributed by atoms with Gasteiger partial charge in [-0.1, -0.05) is 43.1 Å². The molecule has 2 rings (SSSR count). The summed E-state index contributed by atoms with van der Waals surface area (Å²) < 4.78 is 29.6. The first-order valence-corrected chi connectivity index (χ1v) is 10.4. The molecular formula is C14H16Cl2N4O4S2. The van der Waals surface area contributed by atoms with E-state index in [1.807, 2.05) is 0 Å². The molecule has 0 aliphatic carbocycles. The standard InChI is InChI=1S/C14H16Cl2N4O4S2/c1-3-20(4-2)26(23,24)13-11(21)12(19-25-13)18-14(22)17-9-7-5-6-8(15)10(9)16/h5-7,21H,3-4H2,1-2H3,(H2,17,18,19,22). The molecule has 2 aromatic rings. The van der Waals surface area contributed by atoms with Crippen LogP contribution in [0.1, 0.15) is 13.8 Å². The summed E-state index contributed by atoms with van der Waals surface area (Å²) in [6.45, 7) is 3.85. The first kappa shape index (κ1) is 20.7. The topological polar surface area (TPSA) is 112 Å². The molecule has 0 saturated heterocycles. The lowest BCUT2D eigenvalue weighted by atomic mass is 10.3. The second kappa shape index (κ2) is 8.40. The zero-order valence-electron chi connectivity index (χ0n) is 13.8. The molecule has 8 nitrogen and oxygen atoms in total. The lowest BCUT2D eigenvalue weighted by molar-refractivity contribution is 0.262. The minimum Gasteiger partial charge on any atom is -0.503 e. The van der Waals surface area contributed by atoms with Gasteiger partial charge < -0.3 is 10.4 Å². The maximum absolute atomic E-state index is 12.5. The van der Waals surface area contributed by atoms with Crippen molar-refractivity contribution in [3.8, 4) is 5.75 Å². The Bertz CT molecular complexity index is 914. The Balaban J connectivity index is 2.20. The Hall–Kier alpha value is -1.59. The smallest absolute Gasteiger partial charge is 0.325 e. The zero-order chi connectivity index (χ0) is 19.5. The minimum absolute atomic E-state index is 0.150. The molecule has 0 bridgehead atoms. The van der Waals surface area contributed by atoms with Crippen LogP contribution in [-0.4, -0.2) is 41.3 Å². The Morgan fingerprint density at radius 3 is 2.54 bits per heavy atom. The number of nitrogens with zero attached hydrogens (tertiary/aromatic N) is 2. The van der Waals surface area contributed by atoms with Crippen molar-refractivity contribution in [1.82, 2.24) is 8.68 Å². The van der Waals surface area contributed by atoms with Crippen LogP contribution in [-0.2, 0) is 10.0 Å². The summed E-state index contributed by atoms with van der Waals surface area (Å²) in [5, 5.41) is 15.3. The number of urea groups is 1. The molecule has 1 heterocycles. The molecule has 1 aromatic heterocycles. The fraction of sp³-hybridized carbons (Fsp3) is 0.286. The van der Waals surface area contributed by atoms with Crippen molar-refractivity contribution in [2.24, 2.45) is 0 Å². The summed E-state index contributed by atoms with van der Waals surface area (Å²) >= 11 is 12.4. The summed E-state index contributed by atoms with van der Waals surface area (Å²) in [5.41, 5.74) is 0.252. The van der Waals surface area contributed by atoms with Crippen molar-refractivity contribution in [3.05, 3.63) is 28.2 Å². The van der Waals surface area contributed by atoms with E-state index in [4.69, 9.17) is 23.2 Å². The van der Waals surface area contributed by atoms with Gasteiger partial charge in [-0.15, -0.1) is 0 Å². The number of sulfonamides is 1. The molecule has 0 aliphatic heterocycles. The second-order valence-electron chi connectivity index (χ2n) is 4.94. The molecular weight excluding hydrogens is 423 g/mol. The Kier molecular flexibility index (Phi) is 6.69. The summed E-state index contributed by atoms with van der Waals surface area (Å²) in [6, 6.07) is 3.93. The third-order valence-electron chi connectivity index (χ3n) is 3.35. The summed E-state index contributed by atoms with van der Waals surface area (Å²) in [6.07, 6.45) is 0. The number of halogens is 2. The van der Waals surface area contributed by atoms with Crippen LogP contribution in [0.25, 0.3) is 0 Å². The van der Waals surface area contributed by atoms with Gasteiger partial charge in [0.2, 0.25) is 0 Å². The molecule has 0 aliphatic rings. The molecule has 0 unspecified atom stereocenters. The molecule has 2 amide bonds. The van der Waals surface area contributed by atoms with Gasteiger partial charge >= 0.3 is 6.03 Å². The van der Waals surface area contributed by atoms with Gasteiger partial charge in [0.05, 0.1) is 15.7 Å². The number of aromatic nitrogens is 1. The fourth-order valence-corrected chi connectivity index (χ4v) is 4.96. The maximum Gasteiger partial charge on any atom is 0.325 e. The first-order chi connectivity index (χ1) is 12.2. The van der Waals surface area contributed by atoms with Crippen molar-refractivity contribution in [3.63, 3.8) is 0 Å². The van der Waals surface area contributed by atoms with E-state index >= 15 is 0 Å². The van der Waals surface area contributed by atoms with Crippen LogP contribution in [0.15, 0.2) is 22.4 Å². The van der Waals surface area contributed by atoms with E-state index in [0.29, 0.717) is 11.5 Å². The van der Waals surface area contributed by atoms with E-state index in [0.717, 1.165) is 0 Å². The normalized spacial score (nSPS) is 11.6. The van der Waals surface area contributed by atoms with Crippen LogP contribution in [0.3, 0.4) is 0 Å². The minimum atomic E-state index is -3.89. The van der Waals surface area contributed by atoms with Crippen LogP contribution in [0.5, 0.6) is 5.75 Å². The average molecular weight is 439 g/mol. The molecule has 0 spiro atoms. The largest absolute Gasteiger partial charge is 0.503 e. The number of hydrogen-bond donors (Lipinski definition) is 3. The van der Waals surface area contributed by atoms with Crippen molar-refractivity contribution in [2.75, 3.05) is 23.7 Å². The lowest BCUT2D eigenvalue weighted by Gasteiger charge is -2.16. The monoisotopic (exact) mass is 438 g/mol. The molecule has 0 fully saturated rings. The van der Waals surface area contributed by atoms with Crippen molar-refractivity contribution < 1.29 is 18.3 Å². The molecule has 0 radical (unpaired) electrons. The predicted octanol–water partition coefficient (Wildman–Crippen LogP) is 3.83. The highest BCUT2D eigenvalue weighted by Crippen LogP contribution is 2.36. The number of rotatable bonds is 6. The van der Waals surface area contributed by atoms with E-state index in [-0.39, 0.29) is 38.8 Å². The van der Waals surface area contributed by atoms with Crippen molar-refractivity contribution in [1.29, 1.82) is 0 Å². The third kappa shape index (κ3) is 4.21. The molecule has 0 atom stereocenters. The van der Waals surface area contributed by atoms with Gasteiger partial charge in [-0.3, -0.25) is 5.32 Å². The van der Waals surface area contributed by atoms with E-state index in [1.54, 1.807) is 26.0 Å². The van der Waals surface area contributed by atoms with Crippen molar-refractivity contribution >= 4 is 62.3 Å². The van der Waals surface area contributed by atoms with Crippen LogP contribution in [0.4, 0.5) is 16.3 Å². The number of carbonyl (C=O) groups excluding carboxylic acids is 1. The number of hydrogen-bond acceptors (Lipinski definition) is 6.